The highest BCUT2D eigenvalue weighted by atomic mass is 35.5. The van der Waals surface area contributed by atoms with Gasteiger partial charge in [-0.2, -0.15) is 23.5 Å². The van der Waals surface area contributed by atoms with Gasteiger partial charge >= 0.3 is 6.18 Å². The average molecular weight is 647 g/mol. The minimum Gasteiger partial charge on any atom is -0.483 e. The fraction of sp³-hybridized carbons (Fsp3) is 0.296. The minimum atomic E-state index is -4.76. The summed E-state index contributed by atoms with van der Waals surface area (Å²) in [6.07, 6.45) is 1.29. The Hall–Kier alpha value is -5.21. The predicted octanol–water partition coefficient (Wildman–Crippen LogP) is 2.83. The predicted molar refractivity (Wildman–Crippen MR) is 155 cm³/mol. The molecule has 0 radical (unpaired) electrons. The summed E-state index contributed by atoms with van der Waals surface area (Å²) in [5.74, 6) is -0.625. The van der Waals surface area contributed by atoms with Gasteiger partial charge in [-0.3, -0.25) is 23.5 Å². The molecule has 2 amide bonds. The van der Waals surface area contributed by atoms with E-state index in [1.165, 1.54) is 35.1 Å². The normalized spacial score (nSPS) is 15.0. The number of benzene rings is 1. The number of carbonyl (C=O) groups is 3. The fourth-order valence-electron chi connectivity index (χ4n) is 4.54. The fourth-order valence-corrected chi connectivity index (χ4v) is 4.80. The first-order valence-corrected chi connectivity index (χ1v) is 13.6. The largest absolute Gasteiger partial charge is 0.483 e. The number of hydrogen-bond donors (Lipinski definition) is 5. The molecule has 236 valence electrons. The van der Waals surface area contributed by atoms with Crippen molar-refractivity contribution in [1.82, 2.24) is 40.1 Å². The number of aromatic nitrogens is 5. The molecular formula is C27H26ClF3N10O4. The molecule has 1 aliphatic rings. The van der Waals surface area contributed by atoms with Crippen LogP contribution in [-0.4, -0.2) is 72.7 Å². The van der Waals surface area contributed by atoms with Gasteiger partial charge in [0.15, 0.2) is 17.2 Å². The number of imidazole rings is 1. The number of amides is 2. The van der Waals surface area contributed by atoms with E-state index in [0.717, 1.165) is 23.8 Å². The van der Waals surface area contributed by atoms with Gasteiger partial charge in [0.25, 0.3) is 12.4 Å². The van der Waals surface area contributed by atoms with Crippen LogP contribution in [0.5, 0.6) is 0 Å². The molecule has 2 atom stereocenters. The number of anilines is 2. The van der Waals surface area contributed by atoms with E-state index in [2.05, 4.69) is 36.3 Å². The molecule has 0 saturated carbocycles. The van der Waals surface area contributed by atoms with Crippen LogP contribution < -0.4 is 21.3 Å². The number of hydrogen-bond acceptors (Lipinski definition) is 9. The molecule has 0 aliphatic carbocycles. The van der Waals surface area contributed by atoms with E-state index < -0.39 is 23.8 Å². The summed E-state index contributed by atoms with van der Waals surface area (Å²) in [5, 5.41) is 31.1. The Kier molecular flexibility index (Phi) is 10.2. The van der Waals surface area contributed by atoms with Gasteiger partial charge < -0.3 is 26.4 Å². The maximum absolute atomic E-state index is 13.7. The van der Waals surface area contributed by atoms with Crippen molar-refractivity contribution in [1.29, 1.82) is 5.26 Å². The highest BCUT2D eigenvalue weighted by Gasteiger charge is 2.38. The first-order chi connectivity index (χ1) is 21.5. The van der Waals surface area contributed by atoms with E-state index in [4.69, 9.17) is 26.8 Å². The number of nitriles is 1. The van der Waals surface area contributed by atoms with E-state index in [9.17, 15) is 22.8 Å². The van der Waals surface area contributed by atoms with E-state index >= 15 is 0 Å². The molecule has 45 heavy (non-hydrogen) atoms. The van der Waals surface area contributed by atoms with Gasteiger partial charge in [-0.15, -0.1) is 0 Å². The van der Waals surface area contributed by atoms with Gasteiger partial charge in [0, 0.05) is 36.9 Å². The summed E-state index contributed by atoms with van der Waals surface area (Å²) in [4.78, 5) is 42.1. The number of rotatable bonds is 8. The van der Waals surface area contributed by atoms with Crippen molar-refractivity contribution in [2.75, 3.05) is 18.4 Å². The summed E-state index contributed by atoms with van der Waals surface area (Å²) >= 11 is 6.39. The molecule has 1 aromatic carbocycles. The van der Waals surface area contributed by atoms with Gasteiger partial charge in [-0.1, -0.05) is 11.6 Å². The number of carbonyl (C=O) groups excluding carboxylic acids is 2. The van der Waals surface area contributed by atoms with Gasteiger partial charge in [0.2, 0.25) is 5.91 Å². The molecule has 4 aromatic rings. The lowest BCUT2D eigenvalue weighted by Gasteiger charge is -2.18. The van der Waals surface area contributed by atoms with E-state index in [0.29, 0.717) is 12.2 Å². The van der Waals surface area contributed by atoms with Crippen LogP contribution in [0.3, 0.4) is 0 Å². The summed E-state index contributed by atoms with van der Waals surface area (Å²) in [7, 11) is 0. The Bertz CT molecular complexity index is 1740. The third kappa shape index (κ3) is 7.66. The molecule has 5 N–H and O–H groups in total. The van der Waals surface area contributed by atoms with Gasteiger partial charge in [-0.05, 0) is 38.1 Å². The Balaban J connectivity index is 0.00000148. The molecule has 0 spiro atoms. The van der Waals surface area contributed by atoms with Crippen LogP contribution in [0.15, 0.2) is 43.0 Å². The number of alkyl halides is 3. The SMILES string of the molecule is CC(NC(=O)c1ccc(Nc2nccn3c(-c4cn(CC#N)nc4C(F)(F)F)cnc23)cc1Cl)C(=O)N[C@H]1CCNC1.O=CO. The molecule has 1 aliphatic heterocycles. The molecular weight excluding hydrogens is 621 g/mol. The molecule has 1 unspecified atom stereocenters. The molecule has 18 heteroatoms. The molecule has 4 heterocycles. The Morgan fingerprint density at radius 3 is 2.73 bits per heavy atom. The van der Waals surface area contributed by atoms with Crippen molar-refractivity contribution < 1.29 is 32.7 Å². The lowest BCUT2D eigenvalue weighted by atomic mass is 10.1. The van der Waals surface area contributed by atoms with Crippen molar-refractivity contribution in [3.05, 3.63) is 59.3 Å². The van der Waals surface area contributed by atoms with Crippen LogP contribution in [0.4, 0.5) is 24.7 Å². The Morgan fingerprint density at radius 2 is 2.09 bits per heavy atom. The highest BCUT2D eigenvalue weighted by Crippen LogP contribution is 2.37. The molecule has 0 bridgehead atoms. The van der Waals surface area contributed by atoms with Crippen molar-refractivity contribution in [3.8, 4) is 17.3 Å². The first-order valence-electron chi connectivity index (χ1n) is 13.3. The third-order valence-electron chi connectivity index (χ3n) is 6.59. The Morgan fingerprint density at radius 1 is 1.33 bits per heavy atom. The van der Waals surface area contributed by atoms with Gasteiger partial charge in [0.1, 0.15) is 12.6 Å². The molecule has 1 saturated heterocycles. The molecule has 1 fully saturated rings. The van der Waals surface area contributed by atoms with Crippen LogP contribution in [0.2, 0.25) is 5.02 Å². The second kappa shape index (κ2) is 14.1. The summed E-state index contributed by atoms with van der Waals surface area (Å²) in [6, 6.07) is 5.53. The van der Waals surface area contributed by atoms with Gasteiger partial charge in [-0.25, -0.2) is 9.97 Å². The van der Waals surface area contributed by atoms with Crippen molar-refractivity contribution in [3.63, 3.8) is 0 Å². The summed E-state index contributed by atoms with van der Waals surface area (Å²) in [5.41, 5.74) is -0.507. The molecule has 5 rings (SSSR count). The lowest BCUT2D eigenvalue weighted by Crippen LogP contribution is -2.48. The minimum absolute atomic E-state index is 0.0167. The van der Waals surface area contributed by atoms with Crippen LogP contribution in [0, 0.1) is 11.3 Å². The Labute approximate surface area is 258 Å². The average Bonchev–Trinajstić information content (AvgIpc) is 3.74. The van der Waals surface area contributed by atoms with Crippen LogP contribution in [-0.2, 0) is 22.3 Å². The summed E-state index contributed by atoms with van der Waals surface area (Å²) in [6.45, 7) is 2.47. The van der Waals surface area contributed by atoms with Crippen molar-refractivity contribution in [2.45, 2.75) is 38.1 Å². The number of nitrogens with one attached hydrogen (secondary N) is 4. The van der Waals surface area contributed by atoms with E-state index in [-0.39, 0.29) is 58.3 Å². The van der Waals surface area contributed by atoms with Crippen LogP contribution >= 0.6 is 11.6 Å². The second-order valence-electron chi connectivity index (χ2n) is 9.68. The quantitative estimate of drug-likeness (QED) is 0.178. The zero-order chi connectivity index (χ0) is 32.7. The zero-order valence-corrected chi connectivity index (χ0v) is 24.2. The standard InChI is InChI=1S/C26H24ClF3N10O2.CH2O2/c1-14(24(41)37-16-4-6-32-11-16)35-25(42)17-3-2-15(10-19(17)27)36-22-23-34-12-20(40(23)9-7-33-22)18-13-39(8-5-31)38-21(18)26(28,29)30;2-1-3/h2-3,7,9-10,12-14,16,32H,4,6,8,11H2,1H3,(H,33,36)(H,35,42)(H,37,41);1H,(H,2,3)/t14?,16-;/m0./s1. The molecule has 3 aromatic heterocycles. The smallest absolute Gasteiger partial charge is 0.435 e. The van der Waals surface area contributed by atoms with Gasteiger partial charge in [0.05, 0.1) is 34.1 Å². The topological polar surface area (TPSA) is 191 Å². The summed E-state index contributed by atoms with van der Waals surface area (Å²) < 4.78 is 43.4. The lowest BCUT2D eigenvalue weighted by molar-refractivity contribution is -0.141. The number of fused-ring (bicyclic) bond motifs is 1. The van der Waals surface area contributed by atoms with E-state index in [1.54, 1.807) is 19.1 Å². The number of halogens is 4. The number of nitrogens with zero attached hydrogens (tertiary/aromatic N) is 6. The molecule has 14 nitrogen and oxygen atoms in total. The third-order valence-corrected chi connectivity index (χ3v) is 6.90. The van der Waals surface area contributed by atoms with Crippen LogP contribution in [0.25, 0.3) is 16.9 Å². The maximum atomic E-state index is 13.7. The van der Waals surface area contributed by atoms with Crippen molar-refractivity contribution >= 4 is 47.0 Å². The van der Waals surface area contributed by atoms with E-state index in [1.807, 2.05) is 0 Å². The van der Waals surface area contributed by atoms with Crippen molar-refractivity contribution in [2.24, 2.45) is 0 Å². The van der Waals surface area contributed by atoms with Crippen LogP contribution in [0.1, 0.15) is 29.4 Å². The maximum Gasteiger partial charge on any atom is 0.435 e. The second-order valence-corrected chi connectivity index (χ2v) is 10.1. The highest BCUT2D eigenvalue weighted by molar-refractivity contribution is 6.34. The monoisotopic (exact) mass is 646 g/mol. The number of carboxylic acid groups (broad SMARTS) is 1. The first kappa shape index (κ1) is 32.7. The zero-order valence-electron chi connectivity index (χ0n) is 23.5.